The highest BCUT2D eigenvalue weighted by atomic mass is 16.3. The van der Waals surface area contributed by atoms with Gasteiger partial charge in [0.05, 0.1) is 6.10 Å². The zero-order valence-electron chi connectivity index (χ0n) is 13.7. The number of benzene rings is 2. The average Bonchev–Trinajstić information content (AvgIpc) is 2.73. The molecular weight excluding hydrogens is 280 g/mol. The van der Waals surface area contributed by atoms with Gasteiger partial charge in [-0.15, -0.1) is 0 Å². The molecule has 2 aromatic rings. The first-order chi connectivity index (χ1) is 11.3. The van der Waals surface area contributed by atoms with E-state index < -0.39 is 0 Å². The van der Waals surface area contributed by atoms with E-state index in [1.807, 2.05) is 0 Å². The van der Waals surface area contributed by atoms with E-state index in [2.05, 4.69) is 54.6 Å². The number of aliphatic hydroxyl groups excluding tert-OH is 1. The van der Waals surface area contributed by atoms with Crippen LogP contribution in [0.2, 0.25) is 0 Å². The van der Waals surface area contributed by atoms with Crippen LogP contribution in [0.4, 0.5) is 0 Å². The zero-order chi connectivity index (χ0) is 15.7. The summed E-state index contributed by atoms with van der Waals surface area (Å²) < 4.78 is 0. The van der Waals surface area contributed by atoms with Gasteiger partial charge in [-0.1, -0.05) is 73.9 Å². The van der Waals surface area contributed by atoms with E-state index in [1.54, 1.807) is 0 Å². The number of aliphatic hydroxyl groups is 1. The molecule has 2 aliphatic carbocycles. The molecule has 0 aromatic heterocycles. The van der Waals surface area contributed by atoms with Crippen molar-refractivity contribution in [3.8, 4) is 0 Å². The van der Waals surface area contributed by atoms with Gasteiger partial charge >= 0.3 is 0 Å². The molecule has 2 aromatic carbocycles. The number of hydrogen-bond acceptors (Lipinski definition) is 1. The second-order valence-electron chi connectivity index (χ2n) is 7.46. The fourth-order valence-corrected chi connectivity index (χ4v) is 4.94. The van der Waals surface area contributed by atoms with Crippen LogP contribution < -0.4 is 0 Å². The van der Waals surface area contributed by atoms with Crippen molar-refractivity contribution in [1.29, 1.82) is 0 Å². The van der Waals surface area contributed by atoms with Crippen LogP contribution in [0.1, 0.15) is 61.1 Å². The summed E-state index contributed by atoms with van der Waals surface area (Å²) in [6.07, 6.45) is 8.22. The Kier molecular flexibility index (Phi) is 3.98. The van der Waals surface area contributed by atoms with Gasteiger partial charge in [0.25, 0.3) is 0 Å². The van der Waals surface area contributed by atoms with Crippen molar-refractivity contribution in [3.63, 3.8) is 0 Å². The summed E-state index contributed by atoms with van der Waals surface area (Å²) in [5.41, 5.74) is 4.15. The fraction of sp³-hybridized carbons (Fsp3) is 0.455. The molecule has 0 heterocycles. The summed E-state index contributed by atoms with van der Waals surface area (Å²) in [6.45, 7) is 0. The van der Waals surface area contributed by atoms with Crippen LogP contribution in [0.5, 0.6) is 0 Å². The molecule has 1 saturated carbocycles. The van der Waals surface area contributed by atoms with Gasteiger partial charge < -0.3 is 5.11 Å². The highest BCUT2D eigenvalue weighted by Crippen LogP contribution is 2.51. The molecule has 0 aliphatic heterocycles. The van der Waals surface area contributed by atoms with Gasteiger partial charge in [0.15, 0.2) is 0 Å². The Hall–Kier alpha value is -1.60. The lowest BCUT2D eigenvalue weighted by molar-refractivity contribution is -0.0168. The Morgan fingerprint density at radius 2 is 1.48 bits per heavy atom. The molecule has 2 atom stereocenters. The lowest BCUT2D eigenvalue weighted by Gasteiger charge is -2.43. The van der Waals surface area contributed by atoms with Crippen LogP contribution in [0, 0.1) is 5.41 Å². The number of rotatable bonds is 1. The first-order valence-corrected chi connectivity index (χ1v) is 9.11. The summed E-state index contributed by atoms with van der Waals surface area (Å²) in [4.78, 5) is 0. The van der Waals surface area contributed by atoms with Crippen molar-refractivity contribution in [3.05, 3.63) is 71.3 Å². The molecule has 1 fully saturated rings. The number of hydrogen-bond donors (Lipinski definition) is 1. The summed E-state index contributed by atoms with van der Waals surface area (Å²) >= 11 is 0. The van der Waals surface area contributed by atoms with Crippen molar-refractivity contribution >= 4 is 0 Å². The molecule has 1 spiro atoms. The van der Waals surface area contributed by atoms with Gasteiger partial charge in [0.2, 0.25) is 0 Å². The molecule has 23 heavy (non-hydrogen) atoms. The molecule has 1 N–H and O–H groups in total. The van der Waals surface area contributed by atoms with E-state index in [-0.39, 0.29) is 17.4 Å². The normalized spacial score (nSPS) is 26.5. The fourth-order valence-electron chi connectivity index (χ4n) is 4.94. The SMILES string of the molecule is O[C@H]1[C@@H](c2ccccc2)c2ccccc2CCC12CCCCC2. The second-order valence-corrected chi connectivity index (χ2v) is 7.46. The molecule has 0 saturated heterocycles. The van der Waals surface area contributed by atoms with Crippen molar-refractivity contribution < 1.29 is 5.11 Å². The lowest BCUT2D eigenvalue weighted by atomic mass is 9.64. The summed E-state index contributed by atoms with van der Waals surface area (Å²) in [5, 5.41) is 11.5. The van der Waals surface area contributed by atoms with E-state index in [0.717, 1.165) is 12.8 Å². The van der Waals surface area contributed by atoms with Gasteiger partial charge in [-0.25, -0.2) is 0 Å². The van der Waals surface area contributed by atoms with Crippen LogP contribution >= 0.6 is 0 Å². The Balaban J connectivity index is 1.83. The predicted molar refractivity (Wildman–Crippen MR) is 94.6 cm³/mol. The van der Waals surface area contributed by atoms with Gasteiger partial charge in [-0.2, -0.15) is 0 Å². The first-order valence-electron chi connectivity index (χ1n) is 9.11. The average molecular weight is 306 g/mol. The molecule has 0 amide bonds. The topological polar surface area (TPSA) is 20.2 Å². The summed E-state index contributed by atoms with van der Waals surface area (Å²) in [5.74, 6) is 0.119. The Labute approximate surface area is 139 Å². The van der Waals surface area contributed by atoms with E-state index in [4.69, 9.17) is 0 Å². The highest BCUT2D eigenvalue weighted by molar-refractivity contribution is 5.41. The maximum atomic E-state index is 11.5. The quantitative estimate of drug-likeness (QED) is 0.779. The van der Waals surface area contributed by atoms with Crippen molar-refractivity contribution in [2.45, 2.75) is 57.0 Å². The lowest BCUT2D eigenvalue weighted by Crippen LogP contribution is -2.40. The van der Waals surface area contributed by atoms with Crippen LogP contribution in [0.15, 0.2) is 54.6 Å². The monoisotopic (exact) mass is 306 g/mol. The Morgan fingerprint density at radius 3 is 2.26 bits per heavy atom. The van der Waals surface area contributed by atoms with Gasteiger partial charge in [-0.05, 0) is 47.8 Å². The van der Waals surface area contributed by atoms with E-state index in [0.29, 0.717) is 0 Å². The van der Waals surface area contributed by atoms with Crippen LogP contribution in [-0.4, -0.2) is 11.2 Å². The molecule has 0 unspecified atom stereocenters. The third-order valence-electron chi connectivity index (χ3n) is 6.23. The largest absolute Gasteiger partial charge is 0.392 e. The molecule has 1 nitrogen and oxygen atoms in total. The number of aryl methyl sites for hydroxylation is 1. The maximum absolute atomic E-state index is 11.5. The zero-order valence-corrected chi connectivity index (χ0v) is 13.7. The summed E-state index contributed by atoms with van der Waals surface area (Å²) in [6, 6.07) is 19.4. The van der Waals surface area contributed by atoms with Gasteiger partial charge in [0.1, 0.15) is 0 Å². The van der Waals surface area contributed by atoms with E-state index >= 15 is 0 Å². The maximum Gasteiger partial charge on any atom is 0.0705 e. The highest BCUT2D eigenvalue weighted by Gasteiger charge is 2.45. The third kappa shape index (κ3) is 2.61. The molecular formula is C22H26O. The van der Waals surface area contributed by atoms with E-state index in [1.165, 1.54) is 48.8 Å². The van der Waals surface area contributed by atoms with Gasteiger partial charge in [-0.3, -0.25) is 0 Å². The minimum Gasteiger partial charge on any atom is -0.392 e. The minimum absolute atomic E-state index is 0.109. The standard InChI is InChI=1S/C22H26O/c23-21-20(18-10-3-1-4-11-18)19-12-6-5-9-17(19)13-16-22(21)14-7-2-8-15-22/h1,3-6,9-12,20-21,23H,2,7-8,13-16H2/t20-,21-/m0/s1. The minimum atomic E-state index is -0.270. The van der Waals surface area contributed by atoms with Crippen LogP contribution in [0.3, 0.4) is 0 Å². The van der Waals surface area contributed by atoms with E-state index in [9.17, 15) is 5.11 Å². The van der Waals surface area contributed by atoms with Gasteiger partial charge in [0, 0.05) is 5.92 Å². The summed E-state index contributed by atoms with van der Waals surface area (Å²) in [7, 11) is 0. The molecule has 2 aliphatic rings. The Morgan fingerprint density at radius 1 is 0.783 bits per heavy atom. The van der Waals surface area contributed by atoms with Crippen molar-refractivity contribution in [1.82, 2.24) is 0 Å². The molecule has 4 rings (SSSR count). The molecule has 0 radical (unpaired) electrons. The van der Waals surface area contributed by atoms with Crippen molar-refractivity contribution in [2.24, 2.45) is 5.41 Å². The number of fused-ring (bicyclic) bond motifs is 1. The molecule has 0 bridgehead atoms. The predicted octanol–water partition coefficient (Wildman–Crippen LogP) is 5.08. The molecule has 120 valence electrons. The third-order valence-corrected chi connectivity index (χ3v) is 6.23. The Bertz CT molecular complexity index is 655. The van der Waals surface area contributed by atoms with Crippen LogP contribution in [-0.2, 0) is 6.42 Å². The smallest absolute Gasteiger partial charge is 0.0705 e. The second kappa shape index (κ2) is 6.13. The first kappa shape index (κ1) is 15.0. The van der Waals surface area contributed by atoms with Crippen molar-refractivity contribution in [2.75, 3.05) is 0 Å². The molecule has 1 heteroatoms. The van der Waals surface area contributed by atoms with Crippen LogP contribution in [0.25, 0.3) is 0 Å².